The highest BCUT2D eigenvalue weighted by atomic mass is 16.7. The van der Waals surface area contributed by atoms with Gasteiger partial charge in [0.15, 0.2) is 30.1 Å². The second kappa shape index (κ2) is 20.9. The third kappa shape index (κ3) is 11.5. The van der Waals surface area contributed by atoms with Gasteiger partial charge in [-0.05, 0) is 53.9 Å². The molecule has 0 spiro atoms. The van der Waals surface area contributed by atoms with Crippen LogP contribution in [0.4, 0.5) is 0 Å². The van der Waals surface area contributed by atoms with Gasteiger partial charge in [-0.25, -0.2) is 0 Å². The maximum atomic E-state index is 14.6. The summed E-state index contributed by atoms with van der Waals surface area (Å²) in [6.45, 7) is 20.4. The molecule has 0 unspecified atom stereocenters. The van der Waals surface area contributed by atoms with E-state index >= 15 is 0 Å². The van der Waals surface area contributed by atoms with Crippen LogP contribution >= 0.6 is 0 Å². The van der Waals surface area contributed by atoms with Crippen LogP contribution in [0.3, 0.4) is 0 Å². The van der Waals surface area contributed by atoms with Crippen LogP contribution < -0.4 is 0 Å². The first kappa shape index (κ1) is 51.3. The molecule has 0 saturated carbocycles. The van der Waals surface area contributed by atoms with Gasteiger partial charge in [0.2, 0.25) is 0 Å². The molecular formula is C43H70O17. The van der Waals surface area contributed by atoms with Crippen molar-refractivity contribution in [1.29, 1.82) is 0 Å². The molecule has 3 fully saturated rings. The molecule has 3 aliphatic rings. The van der Waals surface area contributed by atoms with Crippen molar-refractivity contribution in [1.82, 2.24) is 0 Å². The topological polar surface area (TPSA) is 226 Å². The molecule has 0 aromatic heterocycles. The largest absolute Gasteiger partial charge is 0.469 e. The number of aliphatic hydroxyl groups excluding tert-OH is 1. The predicted octanol–water partition coefficient (Wildman–Crippen LogP) is 3.49. The number of rotatable bonds is 10. The van der Waals surface area contributed by atoms with Gasteiger partial charge in [0.05, 0.1) is 49.3 Å². The molecule has 3 saturated heterocycles. The van der Waals surface area contributed by atoms with Crippen molar-refractivity contribution >= 4 is 35.4 Å². The molecule has 344 valence electrons. The minimum atomic E-state index is -2.19. The van der Waals surface area contributed by atoms with Crippen molar-refractivity contribution in [3.8, 4) is 0 Å². The second-order valence-electron chi connectivity index (χ2n) is 17.8. The van der Waals surface area contributed by atoms with Gasteiger partial charge < -0.3 is 52.8 Å². The van der Waals surface area contributed by atoms with Crippen LogP contribution in [-0.2, 0) is 71.4 Å². The fourth-order valence-corrected chi connectivity index (χ4v) is 9.39. The Morgan fingerprint density at radius 3 is 1.93 bits per heavy atom. The Morgan fingerprint density at radius 1 is 0.800 bits per heavy atom. The number of methoxy groups -OCH3 is 2. The fraction of sp³-hybridized carbons (Fsp3) is 0.860. The van der Waals surface area contributed by atoms with Crippen molar-refractivity contribution < 1.29 is 81.6 Å². The summed E-state index contributed by atoms with van der Waals surface area (Å²) in [5.74, 6) is -9.76. The summed E-state index contributed by atoms with van der Waals surface area (Å²) >= 11 is 0. The maximum Gasteiger partial charge on any atom is 0.312 e. The van der Waals surface area contributed by atoms with Crippen molar-refractivity contribution in [2.45, 2.75) is 182 Å². The quantitative estimate of drug-likeness (QED) is 0.237. The summed E-state index contributed by atoms with van der Waals surface area (Å²) in [4.78, 5) is 79.3. The average molecular weight is 859 g/mol. The zero-order valence-electron chi connectivity index (χ0n) is 38.0. The number of carbonyl (C=O) groups excluding carboxylic acids is 6. The summed E-state index contributed by atoms with van der Waals surface area (Å²) in [6.07, 6.45) is -11.2. The standard InChI is InChI=1S/C43H70O17/c1-19-16-20(2)33(60-41-37(48)43(51,28(10)44)17-21(3)54-41)23(5)35(58-31-18-42(13,53-15)38(27(9)55-31)57-30(12)46)26(8)40(50)59-36(25(7)39(49)52-14)24(6)34(56-29(11)45)22(4)32(19)47/h19-27,31,33-38,41,48,51H,16-18H2,1-15H3/t19-,20+,21-,22+,23-,24-,25-,26-,27+,31+,33+,34-,35+,36+,37+,38-,41+,42-,43+/m1/s1. The van der Waals surface area contributed by atoms with E-state index in [4.69, 9.17) is 42.6 Å². The number of esters is 4. The van der Waals surface area contributed by atoms with Crippen molar-refractivity contribution in [2.24, 2.45) is 41.4 Å². The lowest BCUT2D eigenvalue weighted by atomic mass is 9.76. The predicted molar refractivity (Wildman–Crippen MR) is 211 cm³/mol. The van der Waals surface area contributed by atoms with Crippen LogP contribution in [0, 0.1) is 41.4 Å². The number of aliphatic hydroxyl groups is 2. The van der Waals surface area contributed by atoms with Crippen LogP contribution in [0.1, 0.15) is 109 Å². The van der Waals surface area contributed by atoms with Gasteiger partial charge in [0.1, 0.15) is 29.7 Å². The molecule has 19 atom stereocenters. The molecule has 17 nitrogen and oxygen atoms in total. The van der Waals surface area contributed by atoms with Gasteiger partial charge in [0.25, 0.3) is 0 Å². The Morgan fingerprint density at radius 2 is 1.40 bits per heavy atom. The molecule has 0 bridgehead atoms. The number of ketones is 2. The van der Waals surface area contributed by atoms with E-state index in [0.29, 0.717) is 0 Å². The average Bonchev–Trinajstić information content (AvgIpc) is 3.17. The lowest BCUT2D eigenvalue weighted by Crippen LogP contribution is -2.62. The van der Waals surface area contributed by atoms with Gasteiger partial charge in [-0.3, -0.25) is 28.8 Å². The first-order valence-electron chi connectivity index (χ1n) is 21.0. The fourth-order valence-electron chi connectivity index (χ4n) is 9.39. The van der Waals surface area contributed by atoms with Crippen molar-refractivity contribution in [2.75, 3.05) is 14.2 Å². The van der Waals surface area contributed by atoms with Crippen LogP contribution in [0.15, 0.2) is 0 Å². The van der Waals surface area contributed by atoms with Crippen LogP contribution in [0.25, 0.3) is 0 Å². The van der Waals surface area contributed by atoms with E-state index in [1.807, 2.05) is 6.92 Å². The number of cyclic esters (lactones) is 1. The molecule has 0 radical (unpaired) electrons. The zero-order valence-corrected chi connectivity index (χ0v) is 38.0. The SMILES string of the molecule is COC(=O)[C@H](C)[C@H]1OC(=O)[C@H](C)[C@@H](O[C@H]2C[C@@](C)(OC)[C@H](OC(C)=O)[C@H](C)O2)[C@H](C)[C@@H](O[C@@H]2O[C@H](C)C[C@](O)(C(C)=O)[C@H]2O)[C@@H](C)C[C@@H](C)C(=O)[C@H](C)[C@@H](OC(C)=O)[C@H]1C. The van der Waals surface area contributed by atoms with E-state index in [9.17, 15) is 39.0 Å². The molecule has 0 aromatic carbocycles. The van der Waals surface area contributed by atoms with Crippen molar-refractivity contribution in [3.05, 3.63) is 0 Å². The summed E-state index contributed by atoms with van der Waals surface area (Å²) in [5.41, 5.74) is -3.29. The first-order chi connectivity index (χ1) is 27.7. The molecule has 60 heavy (non-hydrogen) atoms. The Kier molecular flexibility index (Phi) is 17.8. The van der Waals surface area contributed by atoms with Crippen LogP contribution in [0.5, 0.6) is 0 Å². The molecule has 2 N–H and O–H groups in total. The molecule has 3 rings (SSSR count). The summed E-state index contributed by atoms with van der Waals surface area (Å²) in [7, 11) is 2.66. The van der Waals surface area contributed by atoms with Gasteiger partial charge in [-0.1, -0.05) is 34.6 Å². The van der Waals surface area contributed by atoms with Crippen LogP contribution in [0.2, 0.25) is 0 Å². The van der Waals surface area contributed by atoms with E-state index in [1.165, 1.54) is 41.9 Å². The molecule has 3 heterocycles. The highest BCUT2D eigenvalue weighted by molar-refractivity contribution is 5.85. The number of carbonyl (C=O) groups is 6. The van der Waals surface area contributed by atoms with E-state index < -0.39 is 144 Å². The number of ether oxygens (including phenoxy) is 9. The van der Waals surface area contributed by atoms with E-state index in [-0.39, 0.29) is 25.0 Å². The molecule has 0 aliphatic carbocycles. The van der Waals surface area contributed by atoms with Gasteiger partial charge >= 0.3 is 23.9 Å². The smallest absolute Gasteiger partial charge is 0.312 e. The zero-order chi connectivity index (χ0) is 45.8. The molecule has 0 amide bonds. The Bertz CT molecular complexity index is 1540. The van der Waals surface area contributed by atoms with Gasteiger partial charge in [-0.15, -0.1) is 0 Å². The van der Waals surface area contributed by atoms with Crippen LogP contribution in [-0.4, -0.2) is 132 Å². The summed E-state index contributed by atoms with van der Waals surface area (Å²) < 4.78 is 54.2. The van der Waals surface area contributed by atoms with Gasteiger partial charge in [0, 0.05) is 51.6 Å². The second-order valence-corrected chi connectivity index (χ2v) is 17.8. The minimum absolute atomic E-state index is 0.0397. The lowest BCUT2D eigenvalue weighted by Gasteiger charge is -2.48. The maximum absolute atomic E-state index is 14.6. The lowest BCUT2D eigenvalue weighted by molar-refractivity contribution is -0.319. The monoisotopic (exact) mass is 858 g/mol. The Labute approximate surface area is 354 Å². The highest BCUT2D eigenvalue weighted by Gasteiger charge is 2.54. The summed E-state index contributed by atoms with van der Waals surface area (Å²) in [6, 6.07) is 0. The highest BCUT2D eigenvalue weighted by Crippen LogP contribution is 2.41. The molecular weight excluding hydrogens is 788 g/mol. The third-order valence-corrected chi connectivity index (χ3v) is 12.9. The van der Waals surface area contributed by atoms with Crippen molar-refractivity contribution in [3.63, 3.8) is 0 Å². The minimum Gasteiger partial charge on any atom is -0.469 e. The number of hydrogen-bond acceptors (Lipinski definition) is 17. The summed E-state index contributed by atoms with van der Waals surface area (Å²) in [5, 5.41) is 22.8. The Hall–Kier alpha value is -3.06. The molecule has 3 aliphatic heterocycles. The molecule has 0 aromatic rings. The van der Waals surface area contributed by atoms with E-state index in [0.717, 1.165) is 0 Å². The van der Waals surface area contributed by atoms with E-state index in [1.54, 1.807) is 55.4 Å². The number of hydrogen-bond donors (Lipinski definition) is 2. The Balaban J connectivity index is 2.26. The number of Topliss-reactive ketones (excluding diaryl/α,β-unsaturated/α-hetero) is 2. The van der Waals surface area contributed by atoms with Gasteiger partial charge in [-0.2, -0.15) is 0 Å². The first-order valence-corrected chi connectivity index (χ1v) is 21.0. The van der Waals surface area contributed by atoms with E-state index in [2.05, 4.69) is 0 Å². The third-order valence-electron chi connectivity index (χ3n) is 12.9. The normalized spacial score (nSPS) is 42.8. The molecule has 17 heteroatoms.